The first kappa shape index (κ1) is 20.1. The van der Waals surface area contributed by atoms with Crippen LogP contribution in [0.25, 0.3) is 0 Å². The zero-order valence-electron chi connectivity index (χ0n) is 16.0. The number of carbonyl (C=O) groups is 1. The molecule has 29 heavy (non-hydrogen) atoms. The molecular weight excluding hydrogens is 368 g/mol. The molecule has 6 heteroatoms. The maximum absolute atomic E-state index is 12.4. The molecule has 0 aliphatic carbocycles. The van der Waals surface area contributed by atoms with Crippen molar-refractivity contribution in [2.24, 2.45) is 0 Å². The number of aliphatic carboxylic acids is 1. The minimum absolute atomic E-state index is 0.153. The molecule has 148 valence electrons. The fourth-order valence-electron chi connectivity index (χ4n) is 3.37. The van der Waals surface area contributed by atoms with E-state index in [2.05, 4.69) is 4.98 Å². The Kier molecular flexibility index (Phi) is 5.93. The van der Waals surface area contributed by atoms with Gasteiger partial charge in [0.2, 0.25) is 0 Å². The average molecular weight is 389 g/mol. The summed E-state index contributed by atoms with van der Waals surface area (Å²) >= 11 is 0. The van der Waals surface area contributed by atoms with Crippen molar-refractivity contribution in [2.45, 2.75) is 25.3 Å². The van der Waals surface area contributed by atoms with Gasteiger partial charge in [-0.15, -0.1) is 0 Å². The molecule has 3 rings (SSSR count). The van der Waals surface area contributed by atoms with Gasteiger partial charge in [-0.25, -0.2) is 4.79 Å². The van der Waals surface area contributed by atoms with E-state index in [4.69, 9.17) is 0 Å². The number of hydrogen-bond acceptors (Lipinski definition) is 4. The van der Waals surface area contributed by atoms with E-state index in [0.29, 0.717) is 16.7 Å². The fraction of sp³-hybridized carbons (Fsp3) is 0.174. The summed E-state index contributed by atoms with van der Waals surface area (Å²) in [5.74, 6) is -1.20. The van der Waals surface area contributed by atoms with E-state index >= 15 is 0 Å². The molecular formula is C23H21N2O4-. The zero-order valence-corrected chi connectivity index (χ0v) is 16.0. The van der Waals surface area contributed by atoms with Crippen molar-refractivity contribution >= 4 is 5.97 Å². The zero-order chi connectivity index (χ0) is 20.9. The van der Waals surface area contributed by atoms with E-state index in [1.165, 1.54) is 10.8 Å². The third-order valence-electron chi connectivity index (χ3n) is 4.96. The molecule has 6 nitrogen and oxygen atoms in total. The number of H-pyrrole nitrogens is 1. The molecule has 0 aliphatic rings. The normalized spacial score (nSPS) is 11.6. The molecule has 0 aliphatic heterocycles. The smallest absolute Gasteiger partial charge is 0.328 e. The molecule has 0 atom stereocenters. The van der Waals surface area contributed by atoms with Crippen molar-refractivity contribution < 1.29 is 9.90 Å². The van der Waals surface area contributed by atoms with Crippen LogP contribution in [0.1, 0.15) is 23.1 Å². The molecule has 0 saturated carbocycles. The van der Waals surface area contributed by atoms with Crippen molar-refractivity contribution in [1.82, 2.24) is 9.55 Å². The van der Waals surface area contributed by atoms with Gasteiger partial charge in [0.05, 0.1) is 11.4 Å². The third-order valence-corrected chi connectivity index (χ3v) is 4.96. The highest BCUT2D eigenvalue weighted by Crippen LogP contribution is 2.35. The van der Waals surface area contributed by atoms with Gasteiger partial charge >= 0.3 is 5.69 Å². The van der Waals surface area contributed by atoms with Gasteiger partial charge in [0.15, 0.2) is 0 Å². The Bertz CT molecular complexity index is 1090. The summed E-state index contributed by atoms with van der Waals surface area (Å²) in [4.78, 5) is 38.0. The lowest BCUT2D eigenvalue weighted by atomic mass is 9.72. The van der Waals surface area contributed by atoms with Crippen LogP contribution in [0.15, 0.2) is 88.6 Å². The number of benzene rings is 2. The van der Waals surface area contributed by atoms with Gasteiger partial charge in [0.25, 0.3) is 5.56 Å². The number of nitrogens with one attached hydrogen (secondary N) is 1. The van der Waals surface area contributed by atoms with Crippen molar-refractivity contribution in [1.29, 1.82) is 0 Å². The molecule has 0 fully saturated rings. The first-order valence-electron chi connectivity index (χ1n) is 9.23. The molecule has 0 unspecified atom stereocenters. The predicted octanol–water partition coefficient (Wildman–Crippen LogP) is 1.53. The number of allylic oxidation sites excluding steroid dienone is 2. The van der Waals surface area contributed by atoms with Gasteiger partial charge in [0.1, 0.15) is 0 Å². The number of aromatic nitrogens is 2. The maximum Gasteiger partial charge on any atom is 0.328 e. The summed E-state index contributed by atoms with van der Waals surface area (Å²) in [5, 5.41) is 12.4. The Morgan fingerprint density at radius 1 is 1.00 bits per heavy atom. The van der Waals surface area contributed by atoms with Gasteiger partial charge in [-0.05, 0) is 24.5 Å². The second-order valence-electron chi connectivity index (χ2n) is 6.82. The molecule has 0 spiro atoms. The minimum atomic E-state index is -1.36. The molecule has 1 heterocycles. The van der Waals surface area contributed by atoms with Gasteiger partial charge in [-0.1, -0.05) is 72.8 Å². The SMILES string of the molecule is Cc1cn(C/C=C/CC(C(=O)[O-])(c2ccccc2)c2ccccc2)c(=O)[nH]c1=O. The van der Waals surface area contributed by atoms with Crippen LogP contribution in [0.3, 0.4) is 0 Å². The molecule has 3 aromatic rings. The number of aryl methyl sites for hydroxylation is 1. The highest BCUT2D eigenvalue weighted by atomic mass is 16.4. The van der Waals surface area contributed by atoms with Gasteiger partial charge in [-0.3, -0.25) is 14.3 Å². The van der Waals surface area contributed by atoms with Crippen molar-refractivity contribution in [3.05, 3.63) is 117 Å². The van der Waals surface area contributed by atoms with Crippen LogP contribution >= 0.6 is 0 Å². The Morgan fingerprint density at radius 2 is 1.55 bits per heavy atom. The number of carboxylic acids is 1. The Morgan fingerprint density at radius 3 is 2.07 bits per heavy atom. The molecule has 0 saturated heterocycles. The number of aromatic amines is 1. The standard InChI is InChI=1S/C23H22N2O4/c1-17-16-25(22(29)24-20(17)26)15-9-8-14-23(21(27)28,18-10-4-2-5-11-18)19-12-6-3-7-13-19/h2-13,16H,14-15H2,1H3,(H,27,28)(H,24,26,29)/p-1/b9-8+. The van der Waals surface area contributed by atoms with Crippen LogP contribution in [-0.2, 0) is 16.8 Å². The van der Waals surface area contributed by atoms with Crippen molar-refractivity contribution in [2.75, 3.05) is 0 Å². The van der Waals surface area contributed by atoms with Crippen LogP contribution in [0.4, 0.5) is 0 Å². The largest absolute Gasteiger partial charge is 0.549 e. The summed E-state index contributed by atoms with van der Waals surface area (Å²) in [6.45, 7) is 1.83. The third kappa shape index (κ3) is 4.11. The average Bonchev–Trinajstić information content (AvgIpc) is 2.73. The summed E-state index contributed by atoms with van der Waals surface area (Å²) in [6.07, 6.45) is 5.07. The number of rotatable bonds is 7. The number of carboxylic acid groups (broad SMARTS) is 1. The van der Waals surface area contributed by atoms with Crippen LogP contribution in [-0.4, -0.2) is 15.5 Å². The summed E-state index contributed by atoms with van der Waals surface area (Å²) < 4.78 is 1.36. The lowest BCUT2D eigenvalue weighted by Crippen LogP contribution is -2.46. The van der Waals surface area contributed by atoms with E-state index < -0.39 is 22.6 Å². The van der Waals surface area contributed by atoms with E-state index in [-0.39, 0.29) is 13.0 Å². The fourth-order valence-corrected chi connectivity index (χ4v) is 3.37. The monoisotopic (exact) mass is 389 g/mol. The van der Waals surface area contributed by atoms with Crippen molar-refractivity contribution in [3.8, 4) is 0 Å². The van der Waals surface area contributed by atoms with E-state index in [1.807, 2.05) is 12.1 Å². The van der Waals surface area contributed by atoms with E-state index in [1.54, 1.807) is 67.6 Å². The molecule has 0 bridgehead atoms. The topological polar surface area (TPSA) is 95.0 Å². The van der Waals surface area contributed by atoms with E-state index in [9.17, 15) is 19.5 Å². The van der Waals surface area contributed by atoms with Crippen LogP contribution in [0.5, 0.6) is 0 Å². The minimum Gasteiger partial charge on any atom is -0.549 e. The summed E-state index contributed by atoms with van der Waals surface area (Å²) in [6, 6.07) is 17.9. The van der Waals surface area contributed by atoms with Crippen molar-refractivity contribution in [3.63, 3.8) is 0 Å². The Balaban J connectivity index is 1.95. The Hall–Kier alpha value is -3.67. The number of carbonyl (C=O) groups excluding carboxylic acids is 1. The molecule has 0 amide bonds. The highest BCUT2D eigenvalue weighted by Gasteiger charge is 2.34. The quantitative estimate of drug-likeness (QED) is 0.620. The van der Waals surface area contributed by atoms with Crippen LogP contribution < -0.4 is 16.4 Å². The lowest BCUT2D eigenvalue weighted by Gasteiger charge is -2.35. The Labute approximate surface area is 167 Å². The molecule has 2 aromatic carbocycles. The highest BCUT2D eigenvalue weighted by molar-refractivity contribution is 5.84. The van der Waals surface area contributed by atoms with Gasteiger partial charge < -0.3 is 9.90 Å². The van der Waals surface area contributed by atoms with Crippen LogP contribution in [0.2, 0.25) is 0 Å². The summed E-state index contributed by atoms with van der Waals surface area (Å²) in [5.41, 5.74) is -0.622. The molecule has 1 aromatic heterocycles. The lowest BCUT2D eigenvalue weighted by molar-refractivity contribution is -0.312. The first-order chi connectivity index (χ1) is 13.9. The predicted molar refractivity (Wildman–Crippen MR) is 108 cm³/mol. The first-order valence-corrected chi connectivity index (χ1v) is 9.23. The summed E-state index contributed by atoms with van der Waals surface area (Å²) in [7, 11) is 0. The van der Waals surface area contributed by atoms with Gasteiger partial charge in [-0.2, -0.15) is 0 Å². The van der Waals surface area contributed by atoms with Crippen LogP contribution in [0, 0.1) is 6.92 Å². The van der Waals surface area contributed by atoms with E-state index in [0.717, 1.165) is 0 Å². The molecule has 1 N–H and O–H groups in total. The van der Waals surface area contributed by atoms with Gasteiger partial charge in [0, 0.05) is 18.3 Å². The second-order valence-corrected chi connectivity index (χ2v) is 6.82. The second kappa shape index (κ2) is 8.56. The molecule has 0 radical (unpaired) electrons. The number of nitrogens with zero attached hydrogens (tertiary/aromatic N) is 1. The number of hydrogen-bond donors (Lipinski definition) is 1. The maximum atomic E-state index is 12.4.